The molecular formula is C19H36N2O. The minimum Gasteiger partial charge on any atom is -0.340 e. The predicted molar refractivity (Wildman–Crippen MR) is 92.8 cm³/mol. The molecule has 0 radical (unpaired) electrons. The van der Waals surface area contributed by atoms with Crippen molar-refractivity contribution >= 4 is 5.91 Å². The Balaban J connectivity index is 1.53. The highest BCUT2D eigenvalue weighted by molar-refractivity contribution is 5.78. The maximum atomic E-state index is 12.0. The van der Waals surface area contributed by atoms with Crippen LogP contribution in [0.2, 0.25) is 0 Å². The van der Waals surface area contributed by atoms with Crippen molar-refractivity contribution in [1.29, 1.82) is 0 Å². The fourth-order valence-electron chi connectivity index (χ4n) is 3.94. The monoisotopic (exact) mass is 308 g/mol. The van der Waals surface area contributed by atoms with E-state index < -0.39 is 0 Å². The van der Waals surface area contributed by atoms with E-state index in [4.69, 9.17) is 0 Å². The Morgan fingerprint density at radius 3 is 2.23 bits per heavy atom. The summed E-state index contributed by atoms with van der Waals surface area (Å²) < 4.78 is 0. The number of rotatable bonds is 6. The van der Waals surface area contributed by atoms with E-state index in [1.54, 1.807) is 0 Å². The van der Waals surface area contributed by atoms with Crippen LogP contribution in [0.1, 0.15) is 65.7 Å². The average molecular weight is 309 g/mol. The minimum absolute atomic E-state index is 0.143. The van der Waals surface area contributed by atoms with Gasteiger partial charge in [-0.2, -0.15) is 0 Å². The number of nitrogens with zero attached hydrogens (tertiary/aromatic N) is 2. The molecule has 22 heavy (non-hydrogen) atoms. The second kappa shape index (κ2) is 8.90. The Bertz CT molecular complexity index is 326. The van der Waals surface area contributed by atoms with E-state index in [1.807, 2.05) is 18.7 Å². The molecule has 1 amide bonds. The smallest absolute Gasteiger partial charge is 0.225 e. The lowest BCUT2D eigenvalue weighted by Gasteiger charge is -2.35. The molecule has 0 aromatic rings. The third-order valence-electron chi connectivity index (χ3n) is 5.65. The second-order valence-corrected chi connectivity index (χ2v) is 7.94. The van der Waals surface area contributed by atoms with Gasteiger partial charge in [-0.05, 0) is 24.8 Å². The summed E-state index contributed by atoms with van der Waals surface area (Å²) in [6.45, 7) is 11.6. The zero-order chi connectivity index (χ0) is 15.9. The van der Waals surface area contributed by atoms with Crippen molar-refractivity contribution in [1.82, 2.24) is 9.80 Å². The van der Waals surface area contributed by atoms with Gasteiger partial charge in [0.05, 0.1) is 0 Å². The first kappa shape index (κ1) is 17.8. The van der Waals surface area contributed by atoms with E-state index >= 15 is 0 Å². The number of amides is 1. The summed E-state index contributed by atoms with van der Waals surface area (Å²) in [4.78, 5) is 16.6. The van der Waals surface area contributed by atoms with Crippen molar-refractivity contribution in [2.24, 2.45) is 17.8 Å². The van der Waals surface area contributed by atoms with Crippen molar-refractivity contribution in [3.8, 4) is 0 Å². The number of piperazine rings is 1. The highest BCUT2D eigenvalue weighted by atomic mass is 16.2. The topological polar surface area (TPSA) is 23.6 Å². The van der Waals surface area contributed by atoms with Gasteiger partial charge in [0.1, 0.15) is 0 Å². The molecule has 2 rings (SSSR count). The quantitative estimate of drug-likeness (QED) is 0.697. The van der Waals surface area contributed by atoms with Gasteiger partial charge in [0.2, 0.25) is 5.91 Å². The van der Waals surface area contributed by atoms with Crippen LogP contribution in [0.5, 0.6) is 0 Å². The van der Waals surface area contributed by atoms with Crippen molar-refractivity contribution in [3.05, 3.63) is 0 Å². The van der Waals surface area contributed by atoms with Crippen LogP contribution in [-0.2, 0) is 4.79 Å². The molecule has 0 bridgehead atoms. The Kier molecular flexibility index (Phi) is 7.20. The van der Waals surface area contributed by atoms with Gasteiger partial charge in [-0.25, -0.2) is 0 Å². The van der Waals surface area contributed by atoms with Crippen LogP contribution in [0.3, 0.4) is 0 Å². The Labute approximate surface area is 137 Å². The van der Waals surface area contributed by atoms with Crippen LogP contribution >= 0.6 is 0 Å². The highest BCUT2D eigenvalue weighted by Gasteiger charge is 2.22. The molecule has 3 nitrogen and oxygen atoms in total. The van der Waals surface area contributed by atoms with Gasteiger partial charge < -0.3 is 4.90 Å². The molecule has 0 unspecified atom stereocenters. The maximum Gasteiger partial charge on any atom is 0.225 e. The third-order valence-corrected chi connectivity index (χ3v) is 5.65. The molecule has 0 aromatic carbocycles. The van der Waals surface area contributed by atoms with Crippen molar-refractivity contribution in [2.75, 3.05) is 32.7 Å². The molecule has 1 saturated carbocycles. The summed E-state index contributed by atoms with van der Waals surface area (Å²) in [5.74, 6) is 2.45. The summed E-state index contributed by atoms with van der Waals surface area (Å²) in [7, 11) is 0. The molecular weight excluding hydrogens is 272 g/mol. The van der Waals surface area contributed by atoms with E-state index in [2.05, 4.69) is 11.8 Å². The largest absolute Gasteiger partial charge is 0.340 e. The lowest BCUT2D eigenvalue weighted by Crippen LogP contribution is -2.49. The van der Waals surface area contributed by atoms with Crippen LogP contribution in [0.4, 0.5) is 0 Å². The first-order chi connectivity index (χ1) is 10.6. The first-order valence-electron chi connectivity index (χ1n) is 9.57. The van der Waals surface area contributed by atoms with Crippen molar-refractivity contribution < 1.29 is 4.79 Å². The SMILES string of the molecule is CC1CCC(CCCCN2CCN(C(=O)C(C)C)CC2)CC1. The van der Waals surface area contributed by atoms with E-state index in [9.17, 15) is 4.79 Å². The van der Waals surface area contributed by atoms with Crippen LogP contribution in [-0.4, -0.2) is 48.4 Å². The molecule has 2 fully saturated rings. The normalized spacial score (nSPS) is 27.4. The van der Waals surface area contributed by atoms with E-state index in [0.717, 1.165) is 38.0 Å². The highest BCUT2D eigenvalue weighted by Crippen LogP contribution is 2.31. The molecule has 0 spiro atoms. The second-order valence-electron chi connectivity index (χ2n) is 7.94. The Morgan fingerprint density at radius 2 is 1.64 bits per heavy atom. The molecule has 0 atom stereocenters. The maximum absolute atomic E-state index is 12.0. The molecule has 2 aliphatic rings. The molecule has 1 aliphatic carbocycles. The molecule has 1 aliphatic heterocycles. The summed E-state index contributed by atoms with van der Waals surface area (Å²) in [6, 6.07) is 0. The van der Waals surface area contributed by atoms with Gasteiger partial charge >= 0.3 is 0 Å². The van der Waals surface area contributed by atoms with Crippen molar-refractivity contribution in [3.63, 3.8) is 0 Å². The van der Waals surface area contributed by atoms with E-state index in [1.165, 1.54) is 51.5 Å². The number of carbonyl (C=O) groups excluding carboxylic acids is 1. The molecule has 3 heteroatoms. The molecule has 0 aromatic heterocycles. The minimum atomic E-state index is 0.143. The summed E-state index contributed by atoms with van der Waals surface area (Å²) in [5.41, 5.74) is 0. The molecule has 1 saturated heterocycles. The van der Waals surface area contributed by atoms with E-state index in [0.29, 0.717) is 5.91 Å². The van der Waals surface area contributed by atoms with Gasteiger partial charge in [-0.3, -0.25) is 9.69 Å². The van der Waals surface area contributed by atoms with Gasteiger partial charge in [0.15, 0.2) is 0 Å². The zero-order valence-corrected chi connectivity index (χ0v) is 15.0. The number of carbonyl (C=O) groups is 1. The number of unbranched alkanes of at least 4 members (excludes halogenated alkanes) is 1. The fourth-order valence-corrected chi connectivity index (χ4v) is 3.94. The van der Waals surface area contributed by atoms with Crippen LogP contribution in [0, 0.1) is 17.8 Å². The summed E-state index contributed by atoms with van der Waals surface area (Å²) in [6.07, 6.45) is 10.0. The standard InChI is InChI=1S/C19H36N2O/c1-16(2)19(22)21-14-12-20(13-15-21)11-5-4-6-18-9-7-17(3)8-10-18/h16-18H,4-15H2,1-3H3. The van der Waals surface area contributed by atoms with Crippen LogP contribution in [0.25, 0.3) is 0 Å². The third kappa shape index (κ3) is 5.57. The van der Waals surface area contributed by atoms with Gasteiger partial charge in [-0.15, -0.1) is 0 Å². The Hall–Kier alpha value is -0.570. The number of hydrogen-bond acceptors (Lipinski definition) is 2. The van der Waals surface area contributed by atoms with Crippen molar-refractivity contribution in [2.45, 2.75) is 65.7 Å². The van der Waals surface area contributed by atoms with E-state index in [-0.39, 0.29) is 5.92 Å². The lowest BCUT2D eigenvalue weighted by molar-refractivity contribution is -0.136. The zero-order valence-electron chi connectivity index (χ0n) is 15.0. The summed E-state index contributed by atoms with van der Waals surface area (Å²) >= 11 is 0. The Morgan fingerprint density at radius 1 is 1.00 bits per heavy atom. The number of hydrogen-bond donors (Lipinski definition) is 0. The van der Waals surface area contributed by atoms with Crippen LogP contribution < -0.4 is 0 Å². The first-order valence-corrected chi connectivity index (χ1v) is 9.57. The van der Waals surface area contributed by atoms with Gasteiger partial charge in [-0.1, -0.05) is 59.3 Å². The van der Waals surface area contributed by atoms with Gasteiger partial charge in [0, 0.05) is 32.1 Å². The lowest BCUT2D eigenvalue weighted by atomic mass is 9.81. The molecule has 0 N–H and O–H groups in total. The van der Waals surface area contributed by atoms with Gasteiger partial charge in [0.25, 0.3) is 0 Å². The average Bonchev–Trinajstić information content (AvgIpc) is 2.53. The fraction of sp³-hybridized carbons (Fsp3) is 0.947. The predicted octanol–water partition coefficient (Wildman–Crippen LogP) is 3.78. The van der Waals surface area contributed by atoms with Crippen LogP contribution in [0.15, 0.2) is 0 Å². The molecule has 1 heterocycles. The molecule has 128 valence electrons. The summed E-state index contributed by atoms with van der Waals surface area (Å²) in [5, 5.41) is 0.